The summed E-state index contributed by atoms with van der Waals surface area (Å²) < 4.78 is 13.3. The normalized spacial score (nSPS) is 13.7. The number of anilines is 1. The van der Waals surface area contributed by atoms with Gasteiger partial charge in [0.15, 0.2) is 18.1 Å². The van der Waals surface area contributed by atoms with E-state index in [1.165, 1.54) is 0 Å². The van der Waals surface area contributed by atoms with Gasteiger partial charge in [0.25, 0.3) is 5.91 Å². The van der Waals surface area contributed by atoms with Gasteiger partial charge in [0.05, 0.1) is 12.2 Å². The fourth-order valence-electron chi connectivity index (χ4n) is 3.40. The minimum atomic E-state index is -0.390. The number of para-hydroxylation sites is 1. The highest BCUT2D eigenvalue weighted by molar-refractivity contribution is 5.94. The van der Waals surface area contributed by atoms with Crippen molar-refractivity contribution in [2.24, 2.45) is 0 Å². The first-order chi connectivity index (χ1) is 14.9. The van der Waals surface area contributed by atoms with E-state index in [9.17, 15) is 9.59 Å². The van der Waals surface area contributed by atoms with Gasteiger partial charge in [-0.2, -0.15) is 5.10 Å². The summed E-state index contributed by atoms with van der Waals surface area (Å²) in [6.45, 7) is 3.66. The number of nitrogens with zero attached hydrogens (tertiary/aromatic N) is 2. The third kappa shape index (κ3) is 5.03. The minimum absolute atomic E-state index is 0.153. The predicted molar refractivity (Wildman–Crippen MR) is 116 cm³/mol. The molecule has 160 valence electrons. The molecule has 0 radical (unpaired) electrons. The van der Waals surface area contributed by atoms with Gasteiger partial charge in [-0.05, 0) is 50.2 Å². The average Bonchev–Trinajstić information content (AvgIpc) is 3.38. The molecule has 2 N–H and O–H groups in total. The number of carbonyl (C=O) groups is 2. The lowest BCUT2D eigenvalue weighted by atomic mass is 10.0. The fraction of sp³-hybridized carbons (Fsp3) is 0.261. The van der Waals surface area contributed by atoms with Gasteiger partial charge in [-0.1, -0.05) is 12.1 Å². The molecule has 0 saturated heterocycles. The maximum absolute atomic E-state index is 12.1. The number of ether oxygens (including phenoxy) is 2. The molecule has 8 heteroatoms. The highest BCUT2D eigenvalue weighted by Crippen LogP contribution is 2.41. The smallest absolute Gasteiger partial charge is 0.258 e. The molecule has 1 aliphatic rings. The van der Waals surface area contributed by atoms with E-state index >= 15 is 0 Å². The van der Waals surface area contributed by atoms with Crippen LogP contribution in [0.5, 0.6) is 11.5 Å². The van der Waals surface area contributed by atoms with Crippen LogP contribution in [0.4, 0.5) is 5.69 Å². The Morgan fingerprint density at radius 2 is 1.94 bits per heavy atom. The van der Waals surface area contributed by atoms with Gasteiger partial charge in [-0.25, -0.2) is 4.68 Å². The van der Waals surface area contributed by atoms with Gasteiger partial charge in [0.1, 0.15) is 5.60 Å². The van der Waals surface area contributed by atoms with Crippen LogP contribution in [0.25, 0.3) is 5.69 Å². The van der Waals surface area contributed by atoms with Crippen molar-refractivity contribution < 1.29 is 19.1 Å². The molecule has 1 aromatic heterocycles. The third-order valence-corrected chi connectivity index (χ3v) is 4.78. The van der Waals surface area contributed by atoms with E-state index in [1.807, 2.05) is 50.4 Å². The van der Waals surface area contributed by atoms with Gasteiger partial charge in [-0.3, -0.25) is 9.59 Å². The highest BCUT2D eigenvalue weighted by atomic mass is 16.5. The van der Waals surface area contributed by atoms with Gasteiger partial charge < -0.3 is 20.1 Å². The van der Waals surface area contributed by atoms with Crippen LogP contribution >= 0.6 is 0 Å². The Morgan fingerprint density at radius 1 is 1.13 bits per heavy atom. The highest BCUT2D eigenvalue weighted by Gasteiger charge is 2.32. The molecule has 0 bridgehead atoms. The van der Waals surface area contributed by atoms with Crippen molar-refractivity contribution in [2.75, 3.05) is 18.5 Å². The number of carbonyl (C=O) groups excluding carboxylic acids is 2. The topological polar surface area (TPSA) is 94.5 Å². The van der Waals surface area contributed by atoms with E-state index in [1.54, 1.807) is 29.1 Å². The molecular formula is C23H24N4O4. The zero-order chi connectivity index (χ0) is 21.8. The average molecular weight is 420 g/mol. The summed E-state index contributed by atoms with van der Waals surface area (Å²) in [4.78, 5) is 24.2. The Morgan fingerprint density at radius 3 is 2.68 bits per heavy atom. The number of fused-ring (bicyclic) bond motifs is 1. The summed E-state index contributed by atoms with van der Waals surface area (Å²) in [6, 6.07) is 14.7. The number of benzene rings is 2. The van der Waals surface area contributed by atoms with Gasteiger partial charge >= 0.3 is 0 Å². The van der Waals surface area contributed by atoms with Crippen LogP contribution in [0.1, 0.15) is 19.4 Å². The van der Waals surface area contributed by atoms with Crippen molar-refractivity contribution in [3.63, 3.8) is 0 Å². The predicted octanol–water partition coefficient (Wildman–Crippen LogP) is 2.72. The van der Waals surface area contributed by atoms with Crippen LogP contribution in [0.15, 0.2) is 60.9 Å². The lowest BCUT2D eigenvalue weighted by Crippen LogP contribution is -2.35. The van der Waals surface area contributed by atoms with Crippen molar-refractivity contribution in [1.82, 2.24) is 15.1 Å². The number of hydrogen-bond donors (Lipinski definition) is 2. The second kappa shape index (κ2) is 8.51. The second-order valence-electron chi connectivity index (χ2n) is 7.89. The van der Waals surface area contributed by atoms with Crippen molar-refractivity contribution in [1.29, 1.82) is 0 Å². The molecule has 2 amide bonds. The summed E-state index contributed by atoms with van der Waals surface area (Å²) in [7, 11) is 0. The van der Waals surface area contributed by atoms with E-state index in [2.05, 4.69) is 15.7 Å². The van der Waals surface area contributed by atoms with E-state index in [-0.39, 0.29) is 30.6 Å². The summed E-state index contributed by atoms with van der Waals surface area (Å²) in [5, 5.41) is 9.46. The zero-order valence-corrected chi connectivity index (χ0v) is 17.4. The number of rotatable bonds is 7. The molecule has 0 aliphatic carbocycles. The van der Waals surface area contributed by atoms with Crippen LogP contribution in [0.3, 0.4) is 0 Å². The van der Waals surface area contributed by atoms with E-state index in [0.717, 1.165) is 17.7 Å². The van der Waals surface area contributed by atoms with Crippen LogP contribution in [-0.2, 0) is 16.0 Å². The molecule has 8 nitrogen and oxygen atoms in total. The lowest BCUT2D eigenvalue weighted by molar-refractivity contribution is -0.125. The number of hydrogen-bond acceptors (Lipinski definition) is 5. The second-order valence-corrected chi connectivity index (χ2v) is 7.89. The number of nitrogens with one attached hydrogen (secondary N) is 2. The van der Waals surface area contributed by atoms with Gasteiger partial charge in [-0.15, -0.1) is 0 Å². The molecule has 4 rings (SSSR count). The quantitative estimate of drug-likeness (QED) is 0.613. The SMILES string of the molecule is CC1(C)Cc2cccc(OCC(=O)NCC(=O)Nc3ccc(-n4cccn4)cc3)c2O1. The van der Waals surface area contributed by atoms with Crippen molar-refractivity contribution in [3.8, 4) is 17.2 Å². The van der Waals surface area contributed by atoms with Crippen LogP contribution in [-0.4, -0.2) is 40.3 Å². The molecule has 0 saturated carbocycles. The lowest BCUT2D eigenvalue weighted by Gasteiger charge is -2.18. The Bertz CT molecular complexity index is 1080. The molecule has 0 fully saturated rings. The largest absolute Gasteiger partial charge is 0.483 e. The van der Waals surface area contributed by atoms with Crippen LogP contribution in [0, 0.1) is 0 Å². The monoisotopic (exact) mass is 420 g/mol. The number of amides is 2. The van der Waals surface area contributed by atoms with E-state index in [4.69, 9.17) is 9.47 Å². The number of aromatic nitrogens is 2. The summed E-state index contributed by atoms with van der Waals surface area (Å²) in [6.07, 6.45) is 4.32. The molecule has 2 heterocycles. The Kier molecular flexibility index (Phi) is 5.62. The molecule has 31 heavy (non-hydrogen) atoms. The summed E-state index contributed by atoms with van der Waals surface area (Å²) >= 11 is 0. The van der Waals surface area contributed by atoms with Gasteiger partial charge in [0.2, 0.25) is 5.91 Å². The van der Waals surface area contributed by atoms with E-state index in [0.29, 0.717) is 17.2 Å². The molecule has 0 atom stereocenters. The van der Waals surface area contributed by atoms with Crippen molar-refractivity contribution >= 4 is 17.5 Å². The molecule has 3 aromatic rings. The molecule has 0 unspecified atom stereocenters. The first kappa shape index (κ1) is 20.5. The zero-order valence-electron chi connectivity index (χ0n) is 17.4. The Labute approximate surface area is 180 Å². The Balaban J connectivity index is 1.23. The summed E-state index contributed by atoms with van der Waals surface area (Å²) in [5.41, 5.74) is 2.28. The standard InChI is InChI=1S/C23H24N4O4/c1-23(2)13-16-5-3-6-19(22(16)31-23)30-15-21(29)24-14-20(28)26-17-7-9-18(10-8-17)27-12-4-11-25-27/h3-12H,13-15H2,1-2H3,(H,24,29)(H,26,28). The molecule has 0 spiro atoms. The van der Waals surface area contributed by atoms with Crippen molar-refractivity contribution in [3.05, 3.63) is 66.5 Å². The third-order valence-electron chi connectivity index (χ3n) is 4.78. The first-order valence-corrected chi connectivity index (χ1v) is 10.00. The summed E-state index contributed by atoms with van der Waals surface area (Å²) in [5.74, 6) is 0.487. The molecule has 2 aromatic carbocycles. The van der Waals surface area contributed by atoms with Crippen LogP contribution in [0.2, 0.25) is 0 Å². The maximum Gasteiger partial charge on any atom is 0.258 e. The molecule has 1 aliphatic heterocycles. The Hall–Kier alpha value is -3.81. The van der Waals surface area contributed by atoms with Crippen LogP contribution < -0.4 is 20.1 Å². The maximum atomic E-state index is 12.1. The minimum Gasteiger partial charge on any atom is -0.483 e. The fourth-order valence-corrected chi connectivity index (χ4v) is 3.40. The van der Waals surface area contributed by atoms with Crippen molar-refractivity contribution in [2.45, 2.75) is 25.9 Å². The van der Waals surface area contributed by atoms with E-state index < -0.39 is 0 Å². The first-order valence-electron chi connectivity index (χ1n) is 10.00. The molecular weight excluding hydrogens is 396 g/mol. The van der Waals surface area contributed by atoms with Gasteiger partial charge in [0, 0.05) is 30.1 Å².